The topological polar surface area (TPSA) is 68.9 Å². The van der Waals surface area contributed by atoms with Crippen LogP contribution in [-0.2, 0) is 0 Å². The molecular weight excluding hydrogens is 224 g/mol. The summed E-state index contributed by atoms with van der Waals surface area (Å²) in [4.78, 5) is 6.77. The van der Waals surface area contributed by atoms with Crippen LogP contribution >= 0.6 is 11.9 Å². The Morgan fingerprint density at radius 2 is 2.25 bits per heavy atom. The number of piperazine rings is 1. The summed E-state index contributed by atoms with van der Waals surface area (Å²) in [5.74, 6) is 7.03. The van der Waals surface area contributed by atoms with Gasteiger partial charge in [-0.1, -0.05) is 0 Å². The second-order valence-electron chi connectivity index (χ2n) is 4.07. The lowest BCUT2D eigenvalue weighted by Gasteiger charge is -2.34. The molecule has 1 unspecified atom stereocenters. The van der Waals surface area contributed by atoms with Crippen LogP contribution in [0.25, 0.3) is 0 Å². The minimum atomic E-state index is 0.177. The molecule has 3 rings (SSSR count). The van der Waals surface area contributed by atoms with E-state index in [1.807, 2.05) is 0 Å². The number of nitrogens with one attached hydrogen (secondary N) is 2. The van der Waals surface area contributed by atoms with E-state index in [-0.39, 0.29) is 5.37 Å². The molecule has 3 heterocycles. The van der Waals surface area contributed by atoms with Gasteiger partial charge >= 0.3 is 0 Å². The van der Waals surface area contributed by atoms with Gasteiger partial charge in [0.25, 0.3) is 0 Å². The monoisotopic (exact) mass is 240 g/mol. The molecule has 0 aromatic heterocycles. The van der Waals surface area contributed by atoms with Crippen molar-refractivity contribution in [2.24, 2.45) is 10.8 Å². The van der Waals surface area contributed by atoms with Crippen LogP contribution < -0.4 is 16.5 Å². The third-order valence-electron chi connectivity index (χ3n) is 3.01. The summed E-state index contributed by atoms with van der Waals surface area (Å²) in [5, 5.41) is 6.80. The first-order chi connectivity index (χ1) is 7.84. The zero-order valence-corrected chi connectivity index (χ0v) is 9.83. The van der Waals surface area contributed by atoms with Crippen LogP contribution in [0.5, 0.6) is 0 Å². The van der Waals surface area contributed by atoms with Gasteiger partial charge in [0.2, 0.25) is 0 Å². The van der Waals surface area contributed by atoms with E-state index >= 15 is 0 Å². The van der Waals surface area contributed by atoms with Gasteiger partial charge in [-0.2, -0.15) is 4.41 Å². The van der Waals surface area contributed by atoms with Crippen molar-refractivity contribution in [1.82, 2.24) is 19.9 Å². The molecule has 4 N–H and O–H groups in total. The van der Waals surface area contributed by atoms with Crippen molar-refractivity contribution in [3.63, 3.8) is 0 Å². The van der Waals surface area contributed by atoms with Gasteiger partial charge in [0, 0.05) is 31.8 Å². The van der Waals surface area contributed by atoms with Gasteiger partial charge in [-0.3, -0.25) is 10.8 Å². The molecule has 0 aromatic rings. The number of hydrogen-bond donors (Lipinski definition) is 3. The molecule has 0 amide bonds. The number of hydrazine groups is 1. The van der Waals surface area contributed by atoms with E-state index in [0.717, 1.165) is 32.7 Å². The van der Waals surface area contributed by atoms with Gasteiger partial charge < -0.3 is 15.5 Å². The number of rotatable bonds is 1. The number of fused-ring (bicyclic) bond motifs is 1. The summed E-state index contributed by atoms with van der Waals surface area (Å²) in [6.07, 6.45) is 1.79. The minimum absolute atomic E-state index is 0.177. The van der Waals surface area contributed by atoms with Crippen molar-refractivity contribution in [3.8, 4) is 0 Å². The van der Waals surface area contributed by atoms with Crippen LogP contribution in [0.2, 0.25) is 0 Å². The van der Waals surface area contributed by atoms with E-state index < -0.39 is 0 Å². The quantitative estimate of drug-likeness (QED) is 0.399. The fourth-order valence-electron chi connectivity index (χ4n) is 2.23. The van der Waals surface area contributed by atoms with Gasteiger partial charge in [0.15, 0.2) is 0 Å². The first-order valence-corrected chi connectivity index (χ1v) is 6.34. The zero-order valence-electron chi connectivity index (χ0n) is 9.02. The van der Waals surface area contributed by atoms with E-state index in [2.05, 4.69) is 20.5 Å². The minimum Gasteiger partial charge on any atom is -0.356 e. The normalized spacial score (nSPS) is 30.6. The molecule has 0 bridgehead atoms. The summed E-state index contributed by atoms with van der Waals surface area (Å²) < 4.78 is 1.76. The molecule has 16 heavy (non-hydrogen) atoms. The average molecular weight is 240 g/mol. The lowest BCUT2D eigenvalue weighted by molar-refractivity contribution is 0.284. The molecule has 7 heteroatoms. The molecule has 3 aliphatic heterocycles. The van der Waals surface area contributed by atoms with Crippen molar-refractivity contribution in [2.45, 2.75) is 5.37 Å². The van der Waals surface area contributed by atoms with Crippen LogP contribution in [-0.4, -0.2) is 53.8 Å². The summed E-state index contributed by atoms with van der Waals surface area (Å²) in [7, 11) is 0. The van der Waals surface area contributed by atoms with E-state index in [0.29, 0.717) is 0 Å². The predicted octanol–water partition coefficient (Wildman–Crippen LogP) is -1.10. The van der Waals surface area contributed by atoms with E-state index in [4.69, 9.17) is 5.84 Å². The largest absolute Gasteiger partial charge is 0.356 e. The van der Waals surface area contributed by atoms with Gasteiger partial charge in [-0.25, -0.2) is 0 Å². The molecule has 1 atom stereocenters. The molecular formula is C9H16N6S. The van der Waals surface area contributed by atoms with Crippen LogP contribution in [0, 0.1) is 0 Å². The van der Waals surface area contributed by atoms with Crippen LogP contribution in [0.15, 0.2) is 16.4 Å². The maximum atomic E-state index is 5.82. The van der Waals surface area contributed by atoms with Gasteiger partial charge in [0.1, 0.15) is 11.2 Å². The SMILES string of the molecule is NN1CC2=C(N3CCNCC3)NC=NC2S1. The highest BCUT2D eigenvalue weighted by atomic mass is 32.2. The summed E-state index contributed by atoms with van der Waals surface area (Å²) in [5.41, 5.74) is 1.30. The van der Waals surface area contributed by atoms with E-state index in [1.54, 1.807) is 22.7 Å². The lowest BCUT2D eigenvalue weighted by Crippen LogP contribution is -2.47. The Kier molecular flexibility index (Phi) is 2.76. The zero-order chi connectivity index (χ0) is 11.0. The van der Waals surface area contributed by atoms with Crippen LogP contribution in [0.1, 0.15) is 0 Å². The smallest absolute Gasteiger partial charge is 0.139 e. The molecule has 0 saturated carbocycles. The Balaban J connectivity index is 1.84. The Labute approximate surface area is 99.0 Å². The first-order valence-electron chi connectivity index (χ1n) is 5.50. The fraction of sp³-hybridized carbons (Fsp3) is 0.667. The Morgan fingerprint density at radius 3 is 3.06 bits per heavy atom. The molecule has 0 spiro atoms. The number of hydrogen-bond acceptors (Lipinski definition) is 7. The first kappa shape index (κ1) is 10.4. The predicted molar refractivity (Wildman–Crippen MR) is 65.4 cm³/mol. The third kappa shape index (κ3) is 1.80. The maximum absolute atomic E-state index is 5.82. The molecule has 0 aliphatic carbocycles. The number of nitrogens with two attached hydrogens (primary N) is 1. The van der Waals surface area contributed by atoms with E-state index in [1.165, 1.54) is 11.4 Å². The molecule has 2 fully saturated rings. The summed E-state index contributed by atoms with van der Waals surface area (Å²) in [6.45, 7) is 4.96. The van der Waals surface area contributed by atoms with Gasteiger partial charge in [-0.15, -0.1) is 0 Å². The molecule has 0 radical (unpaired) electrons. The molecule has 0 aromatic carbocycles. The average Bonchev–Trinajstić information content (AvgIpc) is 2.70. The number of nitrogens with zero attached hydrogens (tertiary/aromatic N) is 3. The highest BCUT2D eigenvalue weighted by Gasteiger charge is 2.33. The van der Waals surface area contributed by atoms with Crippen molar-refractivity contribution < 1.29 is 0 Å². The second kappa shape index (κ2) is 4.25. The number of aliphatic imine (C=N–C) groups is 1. The standard InChI is InChI=1S/C9H16N6S/c10-15-5-7-8(12-6-13-9(7)16-15)14-3-1-11-2-4-14/h6,9,11H,1-5,10H2,(H,12,13). The highest BCUT2D eigenvalue weighted by Crippen LogP contribution is 2.34. The Hall–Kier alpha value is -0.760. The van der Waals surface area contributed by atoms with Crippen LogP contribution in [0.3, 0.4) is 0 Å². The summed E-state index contributed by atoms with van der Waals surface area (Å²) in [6, 6.07) is 0. The molecule has 3 aliphatic rings. The van der Waals surface area contributed by atoms with Crippen LogP contribution in [0.4, 0.5) is 0 Å². The molecule has 6 nitrogen and oxygen atoms in total. The lowest BCUT2D eigenvalue weighted by atomic mass is 10.2. The van der Waals surface area contributed by atoms with Crippen molar-refractivity contribution in [3.05, 3.63) is 11.4 Å². The Morgan fingerprint density at radius 1 is 1.44 bits per heavy atom. The van der Waals surface area contributed by atoms with Crippen molar-refractivity contribution >= 4 is 18.3 Å². The van der Waals surface area contributed by atoms with E-state index in [9.17, 15) is 0 Å². The summed E-state index contributed by atoms with van der Waals surface area (Å²) >= 11 is 1.59. The molecule has 88 valence electrons. The van der Waals surface area contributed by atoms with Gasteiger partial charge in [-0.05, 0) is 11.9 Å². The highest BCUT2D eigenvalue weighted by molar-refractivity contribution is 7.98. The van der Waals surface area contributed by atoms with Crippen molar-refractivity contribution in [2.75, 3.05) is 32.7 Å². The Bertz CT molecular complexity index is 335. The third-order valence-corrected chi connectivity index (χ3v) is 4.01. The second-order valence-corrected chi connectivity index (χ2v) is 5.19. The maximum Gasteiger partial charge on any atom is 0.139 e. The van der Waals surface area contributed by atoms with Gasteiger partial charge in [0.05, 0.1) is 12.9 Å². The molecule has 2 saturated heterocycles. The fourth-order valence-corrected chi connectivity index (χ4v) is 3.12. The van der Waals surface area contributed by atoms with Crippen molar-refractivity contribution in [1.29, 1.82) is 0 Å².